The fourth-order valence-corrected chi connectivity index (χ4v) is 4.18. The molecule has 0 spiro atoms. The third-order valence-electron chi connectivity index (χ3n) is 5.88. The number of ether oxygens (including phenoxy) is 2. The fourth-order valence-electron chi connectivity index (χ4n) is 4.18. The topological polar surface area (TPSA) is 114 Å². The maximum absolute atomic E-state index is 15.8. The van der Waals surface area contributed by atoms with Crippen LogP contribution < -0.4 is 10.1 Å². The molecule has 0 aliphatic heterocycles. The molecule has 9 heteroatoms. The van der Waals surface area contributed by atoms with Gasteiger partial charge in [0.15, 0.2) is 0 Å². The third kappa shape index (κ3) is 6.29. The maximum Gasteiger partial charge on any atom is 0.408 e. The van der Waals surface area contributed by atoms with Crippen LogP contribution in [-0.2, 0) is 22.6 Å². The lowest BCUT2D eigenvalue weighted by atomic mass is 9.96. The normalized spacial score (nSPS) is 12.2. The number of carbonyl (C=O) groups excluding carboxylic acids is 1. The monoisotopic (exact) mass is 519 g/mol. The summed E-state index contributed by atoms with van der Waals surface area (Å²) < 4.78 is 27.1. The molecule has 3 N–H and O–H groups in total. The van der Waals surface area contributed by atoms with Gasteiger partial charge in [0.05, 0.1) is 24.2 Å². The number of alkyl carbamates (subject to hydrolysis) is 1. The Balaban J connectivity index is 1.63. The molecule has 0 fully saturated rings. The minimum Gasteiger partial charge on any atom is -0.489 e. The van der Waals surface area contributed by atoms with Crippen LogP contribution in [-0.4, -0.2) is 33.0 Å². The Morgan fingerprint density at radius 1 is 1.11 bits per heavy atom. The zero-order chi connectivity index (χ0) is 27.4. The molecule has 1 aromatic heterocycles. The number of carboxylic acid groups (broad SMARTS) is 1. The molecule has 0 saturated heterocycles. The summed E-state index contributed by atoms with van der Waals surface area (Å²) >= 11 is 0. The number of hydrogen-bond donors (Lipinski definition) is 3. The van der Waals surface area contributed by atoms with Gasteiger partial charge in [-0.25, -0.2) is 9.18 Å². The number of aliphatic carboxylic acids is 1. The van der Waals surface area contributed by atoms with Gasteiger partial charge >= 0.3 is 12.1 Å². The molecule has 1 amide bonds. The van der Waals surface area contributed by atoms with Gasteiger partial charge in [0.1, 0.15) is 23.8 Å². The Hall–Kier alpha value is -4.40. The van der Waals surface area contributed by atoms with E-state index in [0.29, 0.717) is 33.5 Å². The highest BCUT2D eigenvalue weighted by Crippen LogP contribution is 2.32. The second kappa shape index (κ2) is 10.9. The number of benzene rings is 3. The number of rotatable bonds is 8. The number of aromatic nitrogens is 2. The molecule has 0 aliphatic carbocycles. The van der Waals surface area contributed by atoms with E-state index < -0.39 is 29.5 Å². The van der Waals surface area contributed by atoms with Gasteiger partial charge in [-0.3, -0.25) is 9.89 Å². The highest BCUT2D eigenvalue weighted by molar-refractivity contribution is 5.87. The summed E-state index contributed by atoms with van der Waals surface area (Å²) in [4.78, 5) is 23.5. The van der Waals surface area contributed by atoms with Crippen molar-refractivity contribution >= 4 is 23.0 Å². The quantitative estimate of drug-likeness (QED) is 0.257. The molecule has 3 aromatic carbocycles. The van der Waals surface area contributed by atoms with Gasteiger partial charge in [-0.1, -0.05) is 36.4 Å². The molecule has 0 saturated carbocycles. The van der Waals surface area contributed by atoms with Crippen LogP contribution in [0.4, 0.5) is 9.18 Å². The first-order valence-electron chi connectivity index (χ1n) is 12.2. The van der Waals surface area contributed by atoms with E-state index in [0.717, 1.165) is 10.9 Å². The van der Waals surface area contributed by atoms with Crippen LogP contribution in [0.1, 0.15) is 50.4 Å². The molecule has 0 aliphatic rings. The largest absolute Gasteiger partial charge is 0.489 e. The molecule has 0 bridgehead atoms. The fraction of sp³-hybridized carbons (Fsp3) is 0.276. The number of para-hydroxylation sites is 1. The molecule has 1 heterocycles. The smallest absolute Gasteiger partial charge is 0.408 e. The lowest BCUT2D eigenvalue weighted by Gasteiger charge is -2.22. The summed E-state index contributed by atoms with van der Waals surface area (Å²) in [5.41, 5.74) is 2.61. The molecular formula is C29H30FN3O5. The summed E-state index contributed by atoms with van der Waals surface area (Å²) in [5.74, 6) is -0.952. The van der Waals surface area contributed by atoms with E-state index in [9.17, 15) is 14.7 Å². The van der Waals surface area contributed by atoms with Crippen molar-refractivity contribution in [3.05, 3.63) is 83.3 Å². The predicted molar refractivity (Wildman–Crippen MR) is 141 cm³/mol. The van der Waals surface area contributed by atoms with Crippen molar-refractivity contribution in [3.63, 3.8) is 0 Å². The van der Waals surface area contributed by atoms with Gasteiger partial charge in [0, 0.05) is 27.6 Å². The summed E-state index contributed by atoms with van der Waals surface area (Å²) in [6.07, 6.45) is 0.877. The van der Waals surface area contributed by atoms with Gasteiger partial charge in [0.25, 0.3) is 0 Å². The van der Waals surface area contributed by atoms with E-state index in [2.05, 4.69) is 15.5 Å². The lowest BCUT2D eigenvalue weighted by molar-refractivity contribution is -0.136. The van der Waals surface area contributed by atoms with Crippen molar-refractivity contribution < 1.29 is 28.6 Å². The first-order valence-corrected chi connectivity index (χ1v) is 12.2. The number of nitrogens with zero attached hydrogens (tertiary/aromatic N) is 1. The minimum absolute atomic E-state index is 0.123. The molecule has 38 heavy (non-hydrogen) atoms. The van der Waals surface area contributed by atoms with Crippen LogP contribution in [0.25, 0.3) is 22.0 Å². The van der Waals surface area contributed by atoms with Crippen molar-refractivity contribution in [2.24, 2.45) is 0 Å². The molecule has 4 rings (SSSR count). The van der Waals surface area contributed by atoms with E-state index in [4.69, 9.17) is 9.47 Å². The minimum atomic E-state index is -0.953. The second-order valence-corrected chi connectivity index (χ2v) is 10.0. The first kappa shape index (κ1) is 26.7. The van der Waals surface area contributed by atoms with Gasteiger partial charge in [0.2, 0.25) is 0 Å². The summed E-state index contributed by atoms with van der Waals surface area (Å²) in [7, 11) is 0. The van der Waals surface area contributed by atoms with Gasteiger partial charge in [-0.2, -0.15) is 5.10 Å². The standard InChI is InChI=1S/C29H30FN3O5/c1-17(32-28(36)38-29(2,3)4)21-9-7-10-22(27(21)30)19-12-20(23-15-31-33-24(23)13-19)16-37-25-11-6-5-8-18(25)14-26(34)35/h5-13,15,17H,14,16H2,1-4H3,(H,31,33)(H,32,36)(H,34,35). The van der Waals surface area contributed by atoms with Crippen LogP contribution in [0, 0.1) is 5.82 Å². The zero-order valence-electron chi connectivity index (χ0n) is 21.7. The molecule has 1 unspecified atom stereocenters. The van der Waals surface area contributed by atoms with Crippen LogP contribution >= 0.6 is 0 Å². The Kier molecular flexibility index (Phi) is 7.66. The van der Waals surface area contributed by atoms with Crippen LogP contribution in [0.3, 0.4) is 0 Å². The predicted octanol–water partition coefficient (Wildman–Crippen LogP) is 6.16. The second-order valence-electron chi connectivity index (χ2n) is 10.0. The van der Waals surface area contributed by atoms with Crippen molar-refractivity contribution in [2.75, 3.05) is 0 Å². The SMILES string of the molecule is CC(NC(=O)OC(C)(C)C)c1cccc(-c2cc(COc3ccccc3CC(=O)O)c3cn[nH]c3c2)c1F. The Morgan fingerprint density at radius 2 is 1.87 bits per heavy atom. The maximum atomic E-state index is 15.8. The number of aromatic amines is 1. The van der Waals surface area contributed by atoms with Crippen LogP contribution in [0.5, 0.6) is 5.75 Å². The van der Waals surface area contributed by atoms with E-state index >= 15 is 4.39 Å². The summed E-state index contributed by atoms with van der Waals surface area (Å²) in [6.45, 7) is 7.10. The van der Waals surface area contributed by atoms with E-state index in [1.54, 1.807) is 82.4 Å². The lowest BCUT2D eigenvalue weighted by Crippen LogP contribution is -2.34. The highest BCUT2D eigenvalue weighted by Gasteiger charge is 2.22. The van der Waals surface area contributed by atoms with Crippen LogP contribution in [0.2, 0.25) is 0 Å². The number of hydrogen-bond acceptors (Lipinski definition) is 5. The number of carbonyl (C=O) groups is 2. The molecule has 0 radical (unpaired) electrons. The van der Waals surface area contributed by atoms with Gasteiger partial charge in [-0.05, 0) is 51.5 Å². The van der Waals surface area contributed by atoms with E-state index in [1.165, 1.54) is 0 Å². The molecule has 1 atom stereocenters. The van der Waals surface area contributed by atoms with Crippen molar-refractivity contribution in [2.45, 2.75) is 52.4 Å². The highest BCUT2D eigenvalue weighted by atomic mass is 19.1. The van der Waals surface area contributed by atoms with Gasteiger partial charge < -0.3 is 19.9 Å². The van der Waals surface area contributed by atoms with Crippen molar-refractivity contribution in [3.8, 4) is 16.9 Å². The number of fused-ring (bicyclic) bond motifs is 1. The average Bonchev–Trinajstić information content (AvgIpc) is 3.30. The number of H-pyrrole nitrogens is 1. The van der Waals surface area contributed by atoms with Crippen molar-refractivity contribution in [1.82, 2.24) is 15.5 Å². The molecule has 8 nitrogen and oxygen atoms in total. The van der Waals surface area contributed by atoms with E-state index in [1.807, 2.05) is 6.07 Å². The summed E-state index contributed by atoms with van der Waals surface area (Å²) in [5, 5.41) is 19.8. The Labute approximate surface area is 219 Å². The molecule has 198 valence electrons. The molecular weight excluding hydrogens is 489 g/mol. The number of carboxylic acids is 1. The Bertz CT molecular complexity index is 1470. The average molecular weight is 520 g/mol. The summed E-state index contributed by atoms with van der Waals surface area (Å²) in [6, 6.07) is 15.0. The number of amides is 1. The van der Waals surface area contributed by atoms with E-state index in [-0.39, 0.29) is 13.0 Å². The number of nitrogens with one attached hydrogen (secondary N) is 2. The zero-order valence-corrected chi connectivity index (χ0v) is 21.7. The first-order chi connectivity index (χ1) is 18.0. The van der Waals surface area contributed by atoms with Gasteiger partial charge in [-0.15, -0.1) is 0 Å². The van der Waals surface area contributed by atoms with Crippen molar-refractivity contribution in [1.29, 1.82) is 0 Å². The number of halogens is 1. The third-order valence-corrected chi connectivity index (χ3v) is 5.88. The van der Waals surface area contributed by atoms with Crippen LogP contribution in [0.15, 0.2) is 60.8 Å². The molecule has 4 aromatic rings. The Morgan fingerprint density at radius 3 is 2.61 bits per heavy atom.